The SMILES string of the molecule is Cc1noc(C)c1CC(=O)NC[C@H](c1ccccc1)c1c(-c2ccccc2)[nH]c2ccccc12. The second kappa shape index (κ2) is 9.40. The lowest BCUT2D eigenvalue weighted by atomic mass is 9.87. The normalized spacial score (nSPS) is 12.1. The Labute approximate surface area is 198 Å². The van der Waals surface area contributed by atoms with Crippen LogP contribution in [0.1, 0.15) is 34.1 Å². The van der Waals surface area contributed by atoms with Gasteiger partial charge in [0.25, 0.3) is 0 Å². The van der Waals surface area contributed by atoms with Crippen LogP contribution in [-0.4, -0.2) is 22.6 Å². The topological polar surface area (TPSA) is 70.9 Å². The Morgan fingerprint density at radius 3 is 2.32 bits per heavy atom. The molecule has 2 N–H and O–H groups in total. The van der Waals surface area contributed by atoms with E-state index in [0.29, 0.717) is 12.3 Å². The molecule has 0 saturated heterocycles. The average Bonchev–Trinajstić information content (AvgIpc) is 3.41. The number of aromatic amines is 1. The molecule has 1 atom stereocenters. The van der Waals surface area contributed by atoms with E-state index in [0.717, 1.165) is 39.0 Å². The highest BCUT2D eigenvalue weighted by molar-refractivity contribution is 5.92. The zero-order valence-electron chi connectivity index (χ0n) is 19.3. The molecule has 1 amide bonds. The van der Waals surface area contributed by atoms with E-state index in [-0.39, 0.29) is 18.2 Å². The van der Waals surface area contributed by atoms with Crippen molar-refractivity contribution in [1.29, 1.82) is 0 Å². The Morgan fingerprint density at radius 1 is 0.941 bits per heavy atom. The number of carbonyl (C=O) groups is 1. The maximum atomic E-state index is 13.0. The molecular weight excluding hydrogens is 422 g/mol. The van der Waals surface area contributed by atoms with Crippen LogP contribution in [0, 0.1) is 13.8 Å². The van der Waals surface area contributed by atoms with E-state index >= 15 is 0 Å². The van der Waals surface area contributed by atoms with Gasteiger partial charge in [-0.3, -0.25) is 4.79 Å². The molecule has 0 bridgehead atoms. The summed E-state index contributed by atoms with van der Waals surface area (Å²) in [5, 5.41) is 8.32. The van der Waals surface area contributed by atoms with Crippen LogP contribution in [-0.2, 0) is 11.2 Å². The van der Waals surface area contributed by atoms with E-state index in [9.17, 15) is 4.79 Å². The van der Waals surface area contributed by atoms with Gasteiger partial charge in [-0.05, 0) is 36.6 Å². The molecule has 3 aromatic carbocycles. The Hall–Kier alpha value is -4.12. The largest absolute Gasteiger partial charge is 0.361 e. The minimum Gasteiger partial charge on any atom is -0.361 e. The predicted molar refractivity (Wildman–Crippen MR) is 135 cm³/mol. The molecule has 2 aromatic heterocycles. The molecule has 34 heavy (non-hydrogen) atoms. The number of benzene rings is 3. The fraction of sp³-hybridized carbons (Fsp3) is 0.172. The van der Waals surface area contributed by atoms with Gasteiger partial charge in [0, 0.05) is 28.9 Å². The van der Waals surface area contributed by atoms with E-state index in [1.165, 1.54) is 5.56 Å². The van der Waals surface area contributed by atoms with Gasteiger partial charge < -0.3 is 14.8 Å². The summed E-state index contributed by atoms with van der Waals surface area (Å²) in [6.45, 7) is 4.19. The van der Waals surface area contributed by atoms with Gasteiger partial charge in [0.05, 0.1) is 17.8 Å². The molecule has 5 rings (SSSR count). The lowest BCUT2D eigenvalue weighted by molar-refractivity contribution is -0.120. The van der Waals surface area contributed by atoms with E-state index in [1.54, 1.807) is 0 Å². The van der Waals surface area contributed by atoms with Crippen molar-refractivity contribution in [1.82, 2.24) is 15.5 Å². The summed E-state index contributed by atoms with van der Waals surface area (Å²) in [6, 6.07) is 29.1. The third kappa shape index (κ3) is 4.25. The zero-order chi connectivity index (χ0) is 23.5. The second-order valence-electron chi connectivity index (χ2n) is 8.57. The summed E-state index contributed by atoms with van der Waals surface area (Å²) in [5.74, 6) is 0.618. The smallest absolute Gasteiger partial charge is 0.224 e. The molecule has 0 saturated carbocycles. The van der Waals surface area contributed by atoms with Crippen molar-refractivity contribution in [3.05, 3.63) is 113 Å². The van der Waals surface area contributed by atoms with Gasteiger partial charge in [-0.1, -0.05) is 84.0 Å². The molecule has 0 spiro atoms. The number of hydrogen-bond donors (Lipinski definition) is 2. The van der Waals surface area contributed by atoms with Crippen LogP contribution >= 0.6 is 0 Å². The van der Waals surface area contributed by atoms with Crippen LogP contribution in [0.5, 0.6) is 0 Å². The second-order valence-corrected chi connectivity index (χ2v) is 8.57. The molecule has 0 aliphatic carbocycles. The molecule has 0 fully saturated rings. The van der Waals surface area contributed by atoms with Gasteiger partial charge in [0.2, 0.25) is 5.91 Å². The number of nitrogens with zero attached hydrogens (tertiary/aromatic N) is 1. The van der Waals surface area contributed by atoms with Crippen LogP contribution in [0.2, 0.25) is 0 Å². The third-order valence-electron chi connectivity index (χ3n) is 6.38. The van der Waals surface area contributed by atoms with Crippen molar-refractivity contribution in [3.63, 3.8) is 0 Å². The minimum absolute atomic E-state index is 0.0267. The van der Waals surface area contributed by atoms with Crippen molar-refractivity contribution in [2.75, 3.05) is 6.54 Å². The number of para-hydroxylation sites is 1. The summed E-state index contributed by atoms with van der Waals surface area (Å²) in [5.41, 5.74) is 7.24. The number of hydrogen-bond acceptors (Lipinski definition) is 3. The Kier molecular flexibility index (Phi) is 6.00. The van der Waals surface area contributed by atoms with Crippen molar-refractivity contribution >= 4 is 16.8 Å². The average molecular weight is 450 g/mol. The molecule has 5 heteroatoms. The van der Waals surface area contributed by atoms with Gasteiger partial charge in [0.1, 0.15) is 5.76 Å². The zero-order valence-corrected chi connectivity index (χ0v) is 19.3. The first-order valence-corrected chi connectivity index (χ1v) is 11.5. The predicted octanol–water partition coefficient (Wildman–Crippen LogP) is 5.93. The quantitative estimate of drug-likeness (QED) is 0.323. The number of carbonyl (C=O) groups excluding carboxylic acids is 1. The van der Waals surface area contributed by atoms with Crippen LogP contribution in [0.3, 0.4) is 0 Å². The van der Waals surface area contributed by atoms with Gasteiger partial charge in [-0.2, -0.15) is 0 Å². The van der Waals surface area contributed by atoms with Crippen LogP contribution in [0.15, 0.2) is 89.5 Å². The summed E-state index contributed by atoms with van der Waals surface area (Å²) < 4.78 is 5.23. The summed E-state index contributed by atoms with van der Waals surface area (Å²) in [4.78, 5) is 16.6. The van der Waals surface area contributed by atoms with E-state index < -0.39 is 0 Å². The molecular formula is C29H27N3O2. The summed E-state index contributed by atoms with van der Waals surface area (Å²) in [6.07, 6.45) is 0.252. The van der Waals surface area contributed by atoms with Gasteiger partial charge in [-0.15, -0.1) is 0 Å². The lowest BCUT2D eigenvalue weighted by Crippen LogP contribution is -2.30. The number of fused-ring (bicyclic) bond motifs is 1. The molecule has 0 radical (unpaired) electrons. The summed E-state index contributed by atoms with van der Waals surface area (Å²) >= 11 is 0. The molecule has 5 aromatic rings. The monoisotopic (exact) mass is 449 g/mol. The first-order valence-electron chi connectivity index (χ1n) is 11.5. The number of H-pyrrole nitrogens is 1. The van der Waals surface area contributed by atoms with Crippen molar-refractivity contribution < 1.29 is 9.32 Å². The number of amides is 1. The molecule has 0 aliphatic heterocycles. The summed E-state index contributed by atoms with van der Waals surface area (Å²) in [7, 11) is 0. The van der Waals surface area contributed by atoms with Crippen LogP contribution in [0.25, 0.3) is 22.2 Å². The first kappa shape index (κ1) is 21.7. The fourth-order valence-electron chi connectivity index (χ4n) is 4.62. The van der Waals surface area contributed by atoms with E-state index in [1.807, 2.05) is 56.3 Å². The number of nitrogens with one attached hydrogen (secondary N) is 2. The number of aromatic nitrogens is 2. The maximum Gasteiger partial charge on any atom is 0.224 e. The minimum atomic E-state index is -0.0450. The first-order chi connectivity index (χ1) is 16.6. The third-order valence-corrected chi connectivity index (χ3v) is 6.38. The lowest BCUT2D eigenvalue weighted by Gasteiger charge is -2.20. The highest BCUT2D eigenvalue weighted by Gasteiger charge is 2.24. The van der Waals surface area contributed by atoms with Crippen LogP contribution in [0.4, 0.5) is 0 Å². The Balaban J connectivity index is 1.54. The Morgan fingerprint density at radius 2 is 1.62 bits per heavy atom. The molecule has 5 nitrogen and oxygen atoms in total. The van der Waals surface area contributed by atoms with Gasteiger partial charge >= 0.3 is 0 Å². The van der Waals surface area contributed by atoms with Gasteiger partial charge in [-0.25, -0.2) is 0 Å². The van der Waals surface area contributed by atoms with E-state index in [2.05, 4.69) is 57.9 Å². The highest BCUT2D eigenvalue weighted by atomic mass is 16.5. The highest BCUT2D eigenvalue weighted by Crippen LogP contribution is 2.38. The Bertz CT molecular complexity index is 1400. The standard InChI is InChI=1S/C29H27N3O2/c1-19-24(20(2)34-32-19)17-27(33)30-18-25(21-11-5-3-6-12-21)28-23-15-9-10-16-26(23)31-29(28)22-13-7-4-8-14-22/h3-16,25,31H,17-18H2,1-2H3,(H,30,33)/t25-/m1/s1. The molecule has 170 valence electrons. The number of rotatable bonds is 7. The molecule has 2 heterocycles. The van der Waals surface area contributed by atoms with Crippen molar-refractivity contribution in [2.45, 2.75) is 26.2 Å². The van der Waals surface area contributed by atoms with E-state index in [4.69, 9.17) is 4.52 Å². The van der Waals surface area contributed by atoms with Gasteiger partial charge in [0.15, 0.2) is 0 Å². The molecule has 0 aliphatic rings. The maximum absolute atomic E-state index is 13.0. The fourth-order valence-corrected chi connectivity index (χ4v) is 4.62. The van der Waals surface area contributed by atoms with Crippen molar-refractivity contribution in [2.24, 2.45) is 0 Å². The van der Waals surface area contributed by atoms with Crippen LogP contribution < -0.4 is 5.32 Å². The van der Waals surface area contributed by atoms with Crippen molar-refractivity contribution in [3.8, 4) is 11.3 Å². The number of aryl methyl sites for hydroxylation is 2. The molecule has 0 unspecified atom stereocenters.